The first-order chi connectivity index (χ1) is 18.9. The molecule has 1 aliphatic heterocycles. The van der Waals surface area contributed by atoms with Gasteiger partial charge in [-0.1, -0.05) is 17.7 Å². The second-order valence-corrected chi connectivity index (χ2v) is 9.50. The third-order valence-electron chi connectivity index (χ3n) is 6.47. The van der Waals surface area contributed by atoms with Crippen molar-refractivity contribution in [3.63, 3.8) is 0 Å². The zero-order chi connectivity index (χ0) is 27.4. The number of ether oxygens (including phenoxy) is 1. The summed E-state index contributed by atoms with van der Waals surface area (Å²) in [6, 6.07) is 24.5. The molecular formula is C30H30N6O3. The topological polar surface area (TPSA) is 108 Å². The fraction of sp³-hybridized carbons (Fsp3) is 0.200. The molecule has 0 spiro atoms. The van der Waals surface area contributed by atoms with Crippen LogP contribution in [0.4, 0.5) is 34.5 Å². The zero-order valence-corrected chi connectivity index (χ0v) is 22.1. The Balaban J connectivity index is 1.19. The third kappa shape index (κ3) is 6.32. The first-order valence-electron chi connectivity index (χ1n) is 12.7. The maximum absolute atomic E-state index is 12.9. The van der Waals surface area contributed by atoms with Gasteiger partial charge < -0.3 is 25.6 Å². The number of aromatic nitrogens is 2. The van der Waals surface area contributed by atoms with E-state index in [1.54, 1.807) is 24.1 Å². The van der Waals surface area contributed by atoms with E-state index in [0.717, 1.165) is 34.1 Å². The Bertz CT molecular complexity index is 1470. The van der Waals surface area contributed by atoms with E-state index in [2.05, 4.69) is 25.9 Å². The summed E-state index contributed by atoms with van der Waals surface area (Å²) >= 11 is 0. The number of hydrogen-bond acceptors (Lipinski definition) is 7. The van der Waals surface area contributed by atoms with Crippen molar-refractivity contribution in [2.24, 2.45) is 5.92 Å². The Morgan fingerprint density at radius 1 is 0.872 bits per heavy atom. The summed E-state index contributed by atoms with van der Waals surface area (Å²) in [5.74, 6) is 1.26. The number of rotatable bonds is 8. The molecule has 3 aromatic carbocycles. The number of anilines is 6. The van der Waals surface area contributed by atoms with Gasteiger partial charge in [-0.3, -0.25) is 9.59 Å². The van der Waals surface area contributed by atoms with Crippen molar-refractivity contribution in [2.75, 3.05) is 34.5 Å². The van der Waals surface area contributed by atoms with Gasteiger partial charge in [0.1, 0.15) is 11.6 Å². The van der Waals surface area contributed by atoms with Crippen molar-refractivity contribution in [2.45, 2.75) is 20.3 Å². The zero-order valence-electron chi connectivity index (χ0n) is 22.1. The highest BCUT2D eigenvalue weighted by molar-refractivity contribution is 6.03. The maximum Gasteiger partial charge on any atom is 0.229 e. The maximum atomic E-state index is 12.9. The monoisotopic (exact) mass is 522 g/mol. The summed E-state index contributed by atoms with van der Waals surface area (Å²) in [5, 5.41) is 9.42. The van der Waals surface area contributed by atoms with Crippen LogP contribution in [0.1, 0.15) is 17.7 Å². The van der Waals surface area contributed by atoms with Crippen molar-refractivity contribution in [1.29, 1.82) is 0 Å². The molecule has 1 aromatic heterocycles. The van der Waals surface area contributed by atoms with Crippen LogP contribution in [0.15, 0.2) is 78.9 Å². The second-order valence-electron chi connectivity index (χ2n) is 9.50. The van der Waals surface area contributed by atoms with Gasteiger partial charge in [-0.2, -0.15) is 4.98 Å². The average Bonchev–Trinajstić information content (AvgIpc) is 3.32. The molecule has 0 radical (unpaired) electrons. The summed E-state index contributed by atoms with van der Waals surface area (Å²) in [4.78, 5) is 36.1. The van der Waals surface area contributed by atoms with E-state index in [4.69, 9.17) is 4.74 Å². The third-order valence-corrected chi connectivity index (χ3v) is 6.47. The van der Waals surface area contributed by atoms with E-state index in [1.165, 1.54) is 0 Å². The van der Waals surface area contributed by atoms with Crippen molar-refractivity contribution in [3.8, 4) is 5.75 Å². The quantitative estimate of drug-likeness (QED) is 0.277. The van der Waals surface area contributed by atoms with Crippen molar-refractivity contribution in [1.82, 2.24) is 9.97 Å². The predicted molar refractivity (Wildman–Crippen MR) is 153 cm³/mol. The van der Waals surface area contributed by atoms with Gasteiger partial charge in [-0.15, -0.1) is 0 Å². The molecule has 9 heteroatoms. The van der Waals surface area contributed by atoms with Gasteiger partial charge in [0.25, 0.3) is 0 Å². The lowest BCUT2D eigenvalue weighted by Gasteiger charge is -2.17. The number of carbonyl (C=O) groups excluding carboxylic acids is 2. The summed E-state index contributed by atoms with van der Waals surface area (Å²) in [5.41, 5.74) is 5.05. The molecule has 1 aliphatic rings. The predicted octanol–water partition coefficient (Wildman–Crippen LogP) is 5.58. The molecule has 1 saturated heterocycles. The van der Waals surface area contributed by atoms with E-state index >= 15 is 0 Å². The van der Waals surface area contributed by atoms with Crippen LogP contribution in [0.25, 0.3) is 0 Å². The molecule has 0 aliphatic carbocycles. The van der Waals surface area contributed by atoms with Crippen LogP contribution in [0.2, 0.25) is 0 Å². The van der Waals surface area contributed by atoms with E-state index in [-0.39, 0.29) is 18.2 Å². The van der Waals surface area contributed by atoms with Crippen molar-refractivity contribution < 1.29 is 14.3 Å². The van der Waals surface area contributed by atoms with Crippen LogP contribution < -0.4 is 25.6 Å². The number of nitrogens with one attached hydrogen (secondary N) is 3. The van der Waals surface area contributed by atoms with Gasteiger partial charge in [-0.25, -0.2) is 4.98 Å². The van der Waals surface area contributed by atoms with Gasteiger partial charge in [-0.05, 0) is 74.5 Å². The van der Waals surface area contributed by atoms with Crippen LogP contribution in [-0.2, 0) is 9.59 Å². The van der Waals surface area contributed by atoms with E-state index < -0.39 is 5.92 Å². The molecule has 198 valence electrons. The molecule has 0 bridgehead atoms. The first kappa shape index (κ1) is 25.7. The van der Waals surface area contributed by atoms with Crippen LogP contribution >= 0.6 is 0 Å². The Labute approximate surface area is 227 Å². The molecule has 3 N–H and O–H groups in total. The summed E-state index contributed by atoms with van der Waals surface area (Å²) in [6.07, 6.45) is 0.191. The van der Waals surface area contributed by atoms with Crippen molar-refractivity contribution in [3.05, 3.63) is 90.1 Å². The largest absolute Gasteiger partial charge is 0.497 e. The molecule has 0 unspecified atom stereocenters. The highest BCUT2D eigenvalue weighted by Crippen LogP contribution is 2.27. The lowest BCUT2D eigenvalue weighted by molar-refractivity contribution is -0.122. The fourth-order valence-electron chi connectivity index (χ4n) is 4.38. The summed E-state index contributed by atoms with van der Waals surface area (Å²) in [7, 11) is 1.63. The molecule has 9 nitrogen and oxygen atoms in total. The molecule has 4 aromatic rings. The molecule has 0 saturated carbocycles. The standard InChI is InChI=1S/C30H30N6O3/c1-19-4-12-25(13-5-19)36-18-21(17-28(36)37)29(38)33-23-6-8-24(9-7-23)34-30-31-20(2)16-27(35-30)32-22-10-14-26(39-3)15-11-22/h4-16,21H,17-18H2,1-3H3,(H,33,38)(H2,31,32,34,35)/t21-/m0/s1. The Kier molecular flexibility index (Phi) is 7.40. The lowest BCUT2D eigenvalue weighted by Crippen LogP contribution is -2.28. The lowest BCUT2D eigenvalue weighted by atomic mass is 10.1. The minimum Gasteiger partial charge on any atom is -0.497 e. The van der Waals surface area contributed by atoms with Crippen LogP contribution in [0.3, 0.4) is 0 Å². The molecule has 2 amide bonds. The number of methoxy groups -OCH3 is 1. The molecule has 1 atom stereocenters. The van der Waals surface area contributed by atoms with Crippen LogP contribution in [-0.4, -0.2) is 35.4 Å². The van der Waals surface area contributed by atoms with Gasteiger partial charge in [0.15, 0.2) is 0 Å². The minimum absolute atomic E-state index is 0.0439. The summed E-state index contributed by atoms with van der Waals surface area (Å²) in [6.45, 7) is 4.27. The smallest absolute Gasteiger partial charge is 0.229 e. The Morgan fingerprint density at radius 2 is 1.51 bits per heavy atom. The van der Waals surface area contributed by atoms with Crippen LogP contribution in [0, 0.1) is 19.8 Å². The highest BCUT2D eigenvalue weighted by atomic mass is 16.5. The normalized spacial score (nSPS) is 14.7. The average molecular weight is 523 g/mol. The SMILES string of the molecule is COc1ccc(Nc2cc(C)nc(Nc3ccc(NC(=O)[C@H]4CC(=O)N(c5ccc(C)cc5)C4)cc3)n2)cc1. The number of benzene rings is 3. The van der Waals surface area contributed by atoms with Gasteiger partial charge in [0, 0.05) is 47.5 Å². The van der Waals surface area contributed by atoms with E-state index in [0.29, 0.717) is 24.0 Å². The Hall–Kier alpha value is -4.92. The van der Waals surface area contributed by atoms with E-state index in [9.17, 15) is 9.59 Å². The molecule has 2 heterocycles. The summed E-state index contributed by atoms with van der Waals surface area (Å²) < 4.78 is 5.21. The fourth-order valence-corrected chi connectivity index (χ4v) is 4.38. The van der Waals surface area contributed by atoms with Crippen LogP contribution in [0.5, 0.6) is 5.75 Å². The number of aryl methyl sites for hydroxylation is 2. The number of hydrogen-bond donors (Lipinski definition) is 3. The number of amides is 2. The highest BCUT2D eigenvalue weighted by Gasteiger charge is 2.35. The first-order valence-corrected chi connectivity index (χ1v) is 12.7. The van der Waals surface area contributed by atoms with Gasteiger partial charge >= 0.3 is 0 Å². The minimum atomic E-state index is -0.408. The van der Waals surface area contributed by atoms with Gasteiger partial charge in [0.05, 0.1) is 13.0 Å². The number of carbonyl (C=O) groups is 2. The van der Waals surface area contributed by atoms with Gasteiger partial charge in [0.2, 0.25) is 17.8 Å². The molecule has 1 fully saturated rings. The molecule has 39 heavy (non-hydrogen) atoms. The van der Waals surface area contributed by atoms with E-state index in [1.807, 2.05) is 80.6 Å². The van der Waals surface area contributed by atoms with Crippen molar-refractivity contribution >= 4 is 46.3 Å². The molecular weight excluding hydrogens is 492 g/mol. The Morgan fingerprint density at radius 3 is 2.21 bits per heavy atom. The second kappa shape index (κ2) is 11.2. The molecule has 5 rings (SSSR count). The number of nitrogens with zero attached hydrogens (tertiary/aromatic N) is 3.